The lowest BCUT2D eigenvalue weighted by molar-refractivity contribution is 0.548. The summed E-state index contributed by atoms with van der Waals surface area (Å²) in [4.78, 5) is 0. The van der Waals surface area contributed by atoms with Gasteiger partial charge in [0.25, 0.3) is 0 Å². The van der Waals surface area contributed by atoms with Crippen LogP contribution in [0.5, 0.6) is 0 Å². The van der Waals surface area contributed by atoms with E-state index in [2.05, 4.69) is 6.92 Å². The minimum absolute atomic E-state index is 0.152. The molecular formula is C11H16FN. The third-order valence-corrected chi connectivity index (χ3v) is 2.17. The Morgan fingerprint density at radius 3 is 2.69 bits per heavy atom. The van der Waals surface area contributed by atoms with Crippen molar-refractivity contribution in [3.63, 3.8) is 0 Å². The minimum Gasteiger partial charge on any atom is -0.324 e. The van der Waals surface area contributed by atoms with Gasteiger partial charge < -0.3 is 5.73 Å². The lowest BCUT2D eigenvalue weighted by Gasteiger charge is -2.11. The van der Waals surface area contributed by atoms with Gasteiger partial charge in [-0.05, 0) is 12.5 Å². The van der Waals surface area contributed by atoms with Gasteiger partial charge in [-0.25, -0.2) is 4.39 Å². The van der Waals surface area contributed by atoms with Crippen molar-refractivity contribution in [1.29, 1.82) is 0 Å². The second-order valence-corrected chi connectivity index (χ2v) is 3.27. The van der Waals surface area contributed by atoms with Crippen LogP contribution in [-0.4, -0.2) is 0 Å². The Kier molecular flexibility index (Phi) is 3.90. The molecule has 1 atom stereocenters. The molecule has 1 unspecified atom stereocenters. The van der Waals surface area contributed by atoms with Gasteiger partial charge in [-0.2, -0.15) is 0 Å². The summed E-state index contributed by atoms with van der Waals surface area (Å²) in [5.41, 5.74) is 6.48. The molecule has 1 nitrogen and oxygen atoms in total. The molecule has 2 N–H and O–H groups in total. The van der Waals surface area contributed by atoms with Gasteiger partial charge in [-0.3, -0.25) is 0 Å². The largest absolute Gasteiger partial charge is 0.324 e. The van der Waals surface area contributed by atoms with Gasteiger partial charge in [-0.15, -0.1) is 0 Å². The van der Waals surface area contributed by atoms with E-state index in [4.69, 9.17) is 5.73 Å². The smallest absolute Gasteiger partial charge is 0.127 e. The Hall–Kier alpha value is -0.890. The Labute approximate surface area is 78.8 Å². The summed E-state index contributed by atoms with van der Waals surface area (Å²) in [7, 11) is 0. The van der Waals surface area contributed by atoms with Crippen molar-refractivity contribution in [2.75, 3.05) is 0 Å². The number of benzene rings is 1. The molecule has 0 saturated heterocycles. The molecule has 0 radical (unpaired) electrons. The molecule has 0 aliphatic heterocycles. The van der Waals surface area contributed by atoms with Crippen molar-refractivity contribution >= 4 is 0 Å². The first-order chi connectivity index (χ1) is 6.25. The fourth-order valence-electron chi connectivity index (χ4n) is 1.36. The van der Waals surface area contributed by atoms with Crippen molar-refractivity contribution in [2.24, 2.45) is 5.73 Å². The zero-order chi connectivity index (χ0) is 9.68. The van der Waals surface area contributed by atoms with Crippen LogP contribution in [0, 0.1) is 5.82 Å². The number of hydrogen-bond acceptors (Lipinski definition) is 1. The summed E-state index contributed by atoms with van der Waals surface area (Å²) in [6, 6.07) is 6.58. The molecule has 72 valence electrons. The van der Waals surface area contributed by atoms with E-state index in [0.717, 1.165) is 19.3 Å². The van der Waals surface area contributed by atoms with Crippen LogP contribution in [0.2, 0.25) is 0 Å². The van der Waals surface area contributed by atoms with Crippen LogP contribution in [0.25, 0.3) is 0 Å². The van der Waals surface area contributed by atoms with Crippen LogP contribution < -0.4 is 5.73 Å². The van der Waals surface area contributed by atoms with Gasteiger partial charge in [0.15, 0.2) is 0 Å². The first-order valence-electron chi connectivity index (χ1n) is 4.75. The van der Waals surface area contributed by atoms with Crippen LogP contribution >= 0.6 is 0 Å². The van der Waals surface area contributed by atoms with E-state index in [9.17, 15) is 4.39 Å². The maximum atomic E-state index is 13.2. The van der Waals surface area contributed by atoms with Gasteiger partial charge >= 0.3 is 0 Å². The molecule has 1 rings (SSSR count). The molecular weight excluding hydrogens is 165 g/mol. The number of unbranched alkanes of at least 4 members (excludes halogenated alkanes) is 1. The van der Waals surface area contributed by atoms with E-state index in [1.165, 1.54) is 6.07 Å². The topological polar surface area (TPSA) is 26.0 Å². The summed E-state index contributed by atoms with van der Waals surface area (Å²) >= 11 is 0. The fraction of sp³-hybridized carbons (Fsp3) is 0.455. The zero-order valence-electron chi connectivity index (χ0n) is 7.96. The van der Waals surface area contributed by atoms with Crippen molar-refractivity contribution < 1.29 is 4.39 Å². The lowest BCUT2D eigenvalue weighted by atomic mass is 10.0. The summed E-state index contributed by atoms with van der Waals surface area (Å²) in [6.45, 7) is 2.11. The molecule has 13 heavy (non-hydrogen) atoms. The molecule has 0 aliphatic rings. The van der Waals surface area contributed by atoms with E-state index in [1.807, 2.05) is 6.07 Å². The highest BCUT2D eigenvalue weighted by molar-refractivity contribution is 5.20. The highest BCUT2D eigenvalue weighted by Crippen LogP contribution is 2.19. The molecule has 0 fully saturated rings. The highest BCUT2D eigenvalue weighted by Gasteiger charge is 2.09. The number of rotatable bonds is 4. The molecule has 0 heterocycles. The molecule has 2 heteroatoms. The monoisotopic (exact) mass is 181 g/mol. The van der Waals surface area contributed by atoms with Gasteiger partial charge in [0.1, 0.15) is 5.82 Å². The van der Waals surface area contributed by atoms with Gasteiger partial charge in [0.2, 0.25) is 0 Å². The average molecular weight is 181 g/mol. The van der Waals surface area contributed by atoms with Gasteiger partial charge in [-0.1, -0.05) is 38.0 Å². The Bertz CT molecular complexity index is 260. The van der Waals surface area contributed by atoms with E-state index >= 15 is 0 Å². The Morgan fingerprint density at radius 1 is 1.38 bits per heavy atom. The molecule has 1 aromatic carbocycles. The average Bonchev–Trinajstić information content (AvgIpc) is 2.15. The van der Waals surface area contributed by atoms with E-state index in [1.54, 1.807) is 12.1 Å². The lowest BCUT2D eigenvalue weighted by Crippen LogP contribution is -2.11. The standard InChI is InChI=1S/C11H16FN/c1-2-3-8-11(13)9-6-4-5-7-10(9)12/h4-7,11H,2-3,8,13H2,1H3. The van der Waals surface area contributed by atoms with Crippen molar-refractivity contribution in [3.8, 4) is 0 Å². The molecule has 0 bridgehead atoms. The van der Waals surface area contributed by atoms with Crippen LogP contribution in [0.15, 0.2) is 24.3 Å². The first-order valence-corrected chi connectivity index (χ1v) is 4.75. The van der Waals surface area contributed by atoms with E-state index in [0.29, 0.717) is 5.56 Å². The third kappa shape index (κ3) is 2.81. The predicted molar refractivity (Wildman–Crippen MR) is 52.9 cm³/mol. The quantitative estimate of drug-likeness (QED) is 0.759. The van der Waals surface area contributed by atoms with Crippen LogP contribution in [0.1, 0.15) is 37.8 Å². The zero-order valence-corrected chi connectivity index (χ0v) is 7.96. The Morgan fingerprint density at radius 2 is 2.08 bits per heavy atom. The van der Waals surface area contributed by atoms with Gasteiger partial charge in [0.05, 0.1) is 0 Å². The predicted octanol–water partition coefficient (Wildman–Crippen LogP) is 3.02. The molecule has 0 aromatic heterocycles. The fourth-order valence-corrected chi connectivity index (χ4v) is 1.36. The first kappa shape index (κ1) is 10.2. The van der Waals surface area contributed by atoms with Crippen LogP contribution in [0.3, 0.4) is 0 Å². The van der Waals surface area contributed by atoms with Crippen molar-refractivity contribution in [3.05, 3.63) is 35.6 Å². The Balaban J connectivity index is 2.65. The van der Waals surface area contributed by atoms with Crippen molar-refractivity contribution in [2.45, 2.75) is 32.2 Å². The SMILES string of the molecule is CCCCC(N)c1ccccc1F. The van der Waals surface area contributed by atoms with Crippen molar-refractivity contribution in [1.82, 2.24) is 0 Å². The normalized spacial score (nSPS) is 12.8. The van der Waals surface area contributed by atoms with Crippen LogP contribution in [0.4, 0.5) is 4.39 Å². The molecule has 0 amide bonds. The molecule has 0 aliphatic carbocycles. The second kappa shape index (κ2) is 4.97. The van der Waals surface area contributed by atoms with E-state index < -0.39 is 0 Å². The summed E-state index contributed by atoms with van der Waals surface area (Å²) in [5.74, 6) is -0.189. The number of hydrogen-bond donors (Lipinski definition) is 1. The molecule has 0 spiro atoms. The van der Waals surface area contributed by atoms with E-state index in [-0.39, 0.29) is 11.9 Å². The molecule has 1 aromatic rings. The highest BCUT2D eigenvalue weighted by atomic mass is 19.1. The molecule has 0 saturated carbocycles. The second-order valence-electron chi connectivity index (χ2n) is 3.27. The number of halogens is 1. The number of nitrogens with two attached hydrogens (primary N) is 1. The third-order valence-electron chi connectivity index (χ3n) is 2.17. The van der Waals surface area contributed by atoms with Crippen LogP contribution in [-0.2, 0) is 0 Å². The minimum atomic E-state index is -0.189. The summed E-state index contributed by atoms with van der Waals surface area (Å²) < 4.78 is 13.2. The summed E-state index contributed by atoms with van der Waals surface area (Å²) in [5, 5.41) is 0. The maximum Gasteiger partial charge on any atom is 0.127 e. The van der Waals surface area contributed by atoms with Gasteiger partial charge in [0, 0.05) is 11.6 Å². The summed E-state index contributed by atoms with van der Waals surface area (Å²) in [6.07, 6.45) is 3.01. The maximum absolute atomic E-state index is 13.2.